The van der Waals surface area contributed by atoms with Gasteiger partial charge in [-0.2, -0.15) is 0 Å². The number of nitrogens with one attached hydrogen (secondary N) is 14. The van der Waals surface area contributed by atoms with Crippen LogP contribution < -0.4 is 70.4 Å². The highest BCUT2D eigenvalue weighted by Gasteiger charge is 2.35. The molecule has 5 rings (SSSR count). The van der Waals surface area contributed by atoms with E-state index in [9.17, 15) is 43.2 Å². The van der Waals surface area contributed by atoms with Crippen molar-refractivity contribution in [1.29, 1.82) is 10.8 Å². The number of aromatic amines is 2. The fourth-order valence-corrected chi connectivity index (χ4v) is 8.80. The number of aromatic nitrogens is 3. The molecule has 2 aromatic carbocycles. The number of hydrogen-bond acceptors (Lipinski definition) is 12. The molecule has 420 valence electrons. The molecule has 0 aliphatic carbocycles. The molecule has 0 saturated carbocycles. The summed E-state index contributed by atoms with van der Waals surface area (Å²) >= 11 is 6.37. The summed E-state index contributed by atoms with van der Waals surface area (Å²) in [5.41, 5.74) is 18.8. The molecule has 27 nitrogen and oxygen atoms in total. The Labute approximate surface area is 454 Å². The van der Waals surface area contributed by atoms with E-state index in [2.05, 4.69) is 68.1 Å². The van der Waals surface area contributed by atoms with Crippen LogP contribution in [0.5, 0.6) is 0 Å². The van der Waals surface area contributed by atoms with Crippen molar-refractivity contribution in [2.45, 2.75) is 120 Å². The van der Waals surface area contributed by atoms with Crippen LogP contribution in [0.3, 0.4) is 0 Å². The molecule has 28 heteroatoms. The van der Waals surface area contributed by atoms with Crippen LogP contribution in [0.4, 0.5) is 0 Å². The molecule has 2 aromatic heterocycles. The third kappa shape index (κ3) is 19.7. The Morgan fingerprint density at radius 2 is 1.40 bits per heavy atom. The van der Waals surface area contributed by atoms with Crippen molar-refractivity contribution in [3.8, 4) is 0 Å². The number of nitrogens with zero attached hydrogens (tertiary/aromatic N) is 1. The molecule has 7 atom stereocenters. The number of para-hydroxylation sites is 1. The van der Waals surface area contributed by atoms with E-state index in [4.69, 9.17) is 39.6 Å². The Hall–Kier alpha value is -8.75. The number of primary amides is 1. The number of nitrogens with two attached hydrogens (primary N) is 3. The Kier molecular flexibility index (Phi) is 23.2. The summed E-state index contributed by atoms with van der Waals surface area (Å²) in [5.74, 6) is -7.81. The van der Waals surface area contributed by atoms with Gasteiger partial charge in [0, 0.05) is 80.6 Å². The molecule has 1 fully saturated rings. The van der Waals surface area contributed by atoms with Crippen LogP contribution >= 0.6 is 11.6 Å². The topological polar surface area (TPSA) is 444 Å². The van der Waals surface area contributed by atoms with Gasteiger partial charge in [-0.3, -0.25) is 54.0 Å². The van der Waals surface area contributed by atoms with Gasteiger partial charge in [0.05, 0.1) is 12.0 Å². The highest BCUT2D eigenvalue weighted by molar-refractivity contribution is 6.30. The zero-order valence-corrected chi connectivity index (χ0v) is 43.8. The average molecular weight is 1100 g/mol. The highest BCUT2D eigenvalue weighted by atomic mass is 35.5. The molecule has 1 aliphatic heterocycles. The third-order valence-corrected chi connectivity index (χ3v) is 12.8. The van der Waals surface area contributed by atoms with Crippen molar-refractivity contribution in [3.63, 3.8) is 0 Å². The lowest BCUT2D eigenvalue weighted by Gasteiger charge is -2.28. The molecule has 4 aromatic rings. The van der Waals surface area contributed by atoms with Gasteiger partial charge < -0.3 is 80.3 Å². The number of hydrogen-bond donors (Lipinski definition) is 17. The number of guanidine groups is 2. The molecule has 0 spiro atoms. The smallest absolute Gasteiger partial charge is 0.243 e. The number of halogens is 1. The number of rotatable bonds is 18. The number of carbonyl (C=O) groups is 9. The SMILES string of the molecule is CC(=O)N[C@H](CCCNC(=N)N)C(=O)N[C@H]1CCCNC(=O)CC[C@@H](C(N)=O)NC(=O)[C@H](Cc2c[nH]c3ccccc23)NC(=O)[C@H](CCCNC(=N)N)NC(=O)[C@@H](Cc2cccc(Cl)c2)NC(=O)[C@H](Cc2c[nH]cn2)NC1=O. The molecule has 9 amide bonds. The molecular weight excluding hydrogens is 1030 g/mol. The zero-order chi connectivity index (χ0) is 56.7. The van der Waals surface area contributed by atoms with E-state index < -0.39 is 95.5 Å². The van der Waals surface area contributed by atoms with Crippen LogP contribution in [-0.4, -0.2) is 142 Å². The molecular formula is C50H69ClN18O9. The molecule has 3 heterocycles. The van der Waals surface area contributed by atoms with Crippen LogP contribution in [0.1, 0.15) is 75.1 Å². The first-order valence-corrected chi connectivity index (χ1v) is 25.7. The number of amides is 9. The zero-order valence-electron chi connectivity index (χ0n) is 43.0. The molecule has 0 bridgehead atoms. The van der Waals surface area contributed by atoms with E-state index in [1.165, 1.54) is 19.4 Å². The third-order valence-electron chi connectivity index (χ3n) is 12.5. The van der Waals surface area contributed by atoms with Crippen LogP contribution in [0, 0.1) is 10.8 Å². The minimum atomic E-state index is -1.47. The minimum absolute atomic E-state index is 0.0554. The summed E-state index contributed by atoms with van der Waals surface area (Å²) in [6.07, 6.45) is 3.69. The summed E-state index contributed by atoms with van der Waals surface area (Å²) in [6.45, 7) is 1.43. The van der Waals surface area contributed by atoms with E-state index in [0.717, 1.165) is 10.9 Å². The van der Waals surface area contributed by atoms with E-state index in [-0.39, 0.29) is 102 Å². The van der Waals surface area contributed by atoms with Crippen LogP contribution in [-0.2, 0) is 62.4 Å². The predicted molar refractivity (Wildman–Crippen MR) is 288 cm³/mol. The van der Waals surface area contributed by atoms with Crippen LogP contribution in [0.25, 0.3) is 10.9 Å². The van der Waals surface area contributed by atoms with E-state index in [1.807, 2.05) is 18.2 Å². The van der Waals surface area contributed by atoms with Crippen molar-refractivity contribution in [2.75, 3.05) is 19.6 Å². The summed E-state index contributed by atoms with van der Waals surface area (Å²) in [6, 6.07) is 3.99. The number of H-pyrrole nitrogens is 2. The first kappa shape index (κ1) is 60.1. The second-order valence-electron chi connectivity index (χ2n) is 18.7. The Balaban J connectivity index is 1.55. The van der Waals surface area contributed by atoms with Crippen LogP contribution in [0.2, 0.25) is 5.02 Å². The lowest BCUT2D eigenvalue weighted by atomic mass is 10.0. The van der Waals surface area contributed by atoms with Gasteiger partial charge in [-0.15, -0.1) is 0 Å². The van der Waals surface area contributed by atoms with Crippen molar-refractivity contribution < 1.29 is 43.2 Å². The van der Waals surface area contributed by atoms with E-state index >= 15 is 0 Å². The largest absolute Gasteiger partial charge is 0.370 e. The number of carbonyl (C=O) groups excluding carboxylic acids is 9. The molecule has 1 saturated heterocycles. The highest BCUT2D eigenvalue weighted by Crippen LogP contribution is 2.20. The van der Waals surface area contributed by atoms with Gasteiger partial charge in [-0.05, 0) is 74.3 Å². The van der Waals surface area contributed by atoms with Crippen LogP contribution in [0.15, 0.2) is 67.3 Å². The maximum Gasteiger partial charge on any atom is 0.243 e. The first-order chi connectivity index (χ1) is 37.3. The fourth-order valence-electron chi connectivity index (χ4n) is 8.59. The van der Waals surface area contributed by atoms with Crippen molar-refractivity contribution in [2.24, 2.45) is 17.2 Å². The van der Waals surface area contributed by atoms with Gasteiger partial charge in [-0.1, -0.05) is 41.9 Å². The average Bonchev–Trinajstić information content (AvgIpc) is 4.07. The lowest BCUT2D eigenvalue weighted by molar-refractivity contribution is -0.135. The van der Waals surface area contributed by atoms with Gasteiger partial charge in [0.15, 0.2) is 11.9 Å². The second-order valence-corrected chi connectivity index (χ2v) is 19.1. The second kappa shape index (κ2) is 30.1. The van der Waals surface area contributed by atoms with Crippen molar-refractivity contribution in [1.82, 2.24) is 68.1 Å². The van der Waals surface area contributed by atoms with E-state index in [0.29, 0.717) is 21.8 Å². The Bertz CT molecular complexity index is 2770. The van der Waals surface area contributed by atoms with Gasteiger partial charge in [-0.25, -0.2) is 4.98 Å². The number of benzene rings is 2. The van der Waals surface area contributed by atoms with Gasteiger partial charge in [0.2, 0.25) is 53.2 Å². The number of fused-ring (bicyclic) bond motifs is 1. The van der Waals surface area contributed by atoms with E-state index in [1.54, 1.807) is 36.5 Å². The monoisotopic (exact) mass is 1100 g/mol. The summed E-state index contributed by atoms with van der Waals surface area (Å²) in [7, 11) is 0. The van der Waals surface area contributed by atoms with Gasteiger partial charge >= 0.3 is 0 Å². The first-order valence-electron chi connectivity index (χ1n) is 25.3. The normalized spacial score (nSPS) is 20.7. The fraction of sp³-hybridized carbons (Fsp3) is 0.440. The molecule has 78 heavy (non-hydrogen) atoms. The molecule has 20 N–H and O–H groups in total. The van der Waals surface area contributed by atoms with Gasteiger partial charge in [0.1, 0.15) is 42.3 Å². The minimum Gasteiger partial charge on any atom is -0.370 e. The van der Waals surface area contributed by atoms with Gasteiger partial charge in [0.25, 0.3) is 0 Å². The van der Waals surface area contributed by atoms with Crippen molar-refractivity contribution >= 4 is 87.6 Å². The summed E-state index contributed by atoms with van der Waals surface area (Å²) in [5, 5.41) is 42.8. The summed E-state index contributed by atoms with van der Waals surface area (Å²) < 4.78 is 0. The summed E-state index contributed by atoms with van der Waals surface area (Å²) in [4.78, 5) is 135. The Morgan fingerprint density at radius 1 is 0.756 bits per heavy atom. The predicted octanol–water partition coefficient (Wildman–Crippen LogP) is -2.31. The lowest BCUT2D eigenvalue weighted by Crippen LogP contribution is -2.61. The molecule has 1 aliphatic rings. The number of imidazole rings is 1. The quantitative estimate of drug-likeness (QED) is 0.0283. The molecule has 0 radical (unpaired) electrons. The Morgan fingerprint density at radius 3 is 2.06 bits per heavy atom. The maximum atomic E-state index is 14.8. The van der Waals surface area contributed by atoms with Crippen molar-refractivity contribution in [3.05, 3.63) is 89.1 Å². The standard InChI is InChI=1S/C50H69ClN18O9/c1-27(70)63-35(12-6-18-59-49(53)54)43(73)65-36-13-5-17-58-41(71)16-15-34(42(52)72)64-47(77)39(22-29-24-61-33-11-3-2-10-32(29)33)68-44(74)37(14-7-19-60-50(55)56)66-46(76)38(21-28-8-4-9-30(51)20-28)67-48(78)40(69-45(36)75)23-31-25-57-26-62-31/h2-4,8-11,20,24-26,34-40,61H,5-7,12-19,21-23H2,1H3,(H2,52,72)(H,57,62)(H,58,71)(H,63,70)(H,64,77)(H,65,73)(H,66,76)(H,67,78)(H,68,74)(H,69,75)(H4,53,54,59)(H4,55,56,60)/t34-,35+,36-,37-,38+,39-,40-/m0/s1. The molecule has 0 unspecified atom stereocenters. The maximum absolute atomic E-state index is 14.8.